The molecule has 5 heteroatoms. The van der Waals surface area contributed by atoms with Gasteiger partial charge in [0, 0.05) is 12.3 Å². The number of hydrogen-bond donors (Lipinski definition) is 1. The molecule has 0 saturated carbocycles. The number of alkyl halides is 1. The summed E-state index contributed by atoms with van der Waals surface area (Å²) in [5, 5.41) is 0. The molecule has 0 aliphatic heterocycles. The van der Waals surface area contributed by atoms with Crippen LogP contribution in [0.2, 0.25) is 0 Å². The third-order valence-corrected chi connectivity index (χ3v) is 3.18. The average molecular weight is 231 g/mol. The van der Waals surface area contributed by atoms with Crippen molar-refractivity contribution in [2.75, 3.05) is 12.9 Å². The van der Waals surface area contributed by atoms with Crippen LogP contribution in [0.3, 0.4) is 0 Å². The number of hydrogen-bond acceptors (Lipinski definition) is 3. The van der Waals surface area contributed by atoms with Gasteiger partial charge in [-0.1, -0.05) is 12.1 Å². The summed E-state index contributed by atoms with van der Waals surface area (Å²) in [6.07, 6.45) is 1.57. The van der Waals surface area contributed by atoms with Gasteiger partial charge in [-0.25, -0.2) is 12.8 Å². The SMILES string of the molecule is CS(=O)(=O)c1ccc(CC(N)CF)cc1. The molecule has 0 bridgehead atoms. The molecule has 15 heavy (non-hydrogen) atoms. The summed E-state index contributed by atoms with van der Waals surface area (Å²) in [7, 11) is -3.16. The van der Waals surface area contributed by atoms with Crippen molar-refractivity contribution >= 4 is 9.84 Å². The highest BCUT2D eigenvalue weighted by molar-refractivity contribution is 7.90. The Balaban J connectivity index is 2.82. The second kappa shape index (κ2) is 4.72. The lowest BCUT2D eigenvalue weighted by atomic mass is 10.1. The normalized spacial score (nSPS) is 13.8. The standard InChI is InChI=1S/C10H14FNO2S/c1-15(13,14)10-4-2-8(3-5-10)6-9(12)7-11/h2-5,9H,6-7,12H2,1H3. The third-order valence-electron chi connectivity index (χ3n) is 2.05. The first-order valence-electron chi connectivity index (χ1n) is 4.54. The van der Waals surface area contributed by atoms with Crippen molar-refractivity contribution in [3.8, 4) is 0 Å². The van der Waals surface area contributed by atoms with Crippen LogP contribution in [0.4, 0.5) is 4.39 Å². The van der Waals surface area contributed by atoms with Gasteiger partial charge >= 0.3 is 0 Å². The van der Waals surface area contributed by atoms with E-state index in [4.69, 9.17) is 5.73 Å². The zero-order valence-electron chi connectivity index (χ0n) is 8.48. The molecule has 1 rings (SSSR count). The van der Waals surface area contributed by atoms with Gasteiger partial charge in [0.15, 0.2) is 9.84 Å². The van der Waals surface area contributed by atoms with Crippen molar-refractivity contribution < 1.29 is 12.8 Å². The van der Waals surface area contributed by atoms with E-state index in [2.05, 4.69) is 0 Å². The first kappa shape index (κ1) is 12.1. The first-order valence-corrected chi connectivity index (χ1v) is 6.43. The first-order chi connectivity index (χ1) is 6.93. The van der Waals surface area contributed by atoms with Crippen LogP contribution >= 0.6 is 0 Å². The van der Waals surface area contributed by atoms with E-state index in [0.29, 0.717) is 6.42 Å². The van der Waals surface area contributed by atoms with Crippen molar-refractivity contribution in [2.24, 2.45) is 5.73 Å². The minimum absolute atomic E-state index is 0.264. The quantitative estimate of drug-likeness (QED) is 0.838. The second-order valence-corrected chi connectivity index (χ2v) is 5.55. The highest BCUT2D eigenvalue weighted by atomic mass is 32.2. The molecule has 0 fully saturated rings. The fourth-order valence-electron chi connectivity index (χ4n) is 1.23. The number of halogens is 1. The van der Waals surface area contributed by atoms with Crippen molar-refractivity contribution in [1.29, 1.82) is 0 Å². The highest BCUT2D eigenvalue weighted by Gasteiger charge is 2.07. The van der Waals surface area contributed by atoms with Crippen molar-refractivity contribution in [2.45, 2.75) is 17.4 Å². The molecule has 1 unspecified atom stereocenters. The topological polar surface area (TPSA) is 60.2 Å². The van der Waals surface area contributed by atoms with Crippen LogP contribution in [-0.2, 0) is 16.3 Å². The van der Waals surface area contributed by atoms with Gasteiger partial charge < -0.3 is 5.73 Å². The van der Waals surface area contributed by atoms with Gasteiger partial charge in [-0.15, -0.1) is 0 Å². The predicted molar refractivity (Wildman–Crippen MR) is 57.2 cm³/mol. The number of benzene rings is 1. The molecule has 0 aromatic heterocycles. The fraction of sp³-hybridized carbons (Fsp3) is 0.400. The Morgan fingerprint density at radius 3 is 2.27 bits per heavy atom. The monoisotopic (exact) mass is 231 g/mol. The largest absolute Gasteiger partial charge is 0.325 e. The minimum Gasteiger partial charge on any atom is -0.325 e. The molecule has 1 aromatic carbocycles. The Morgan fingerprint density at radius 2 is 1.87 bits per heavy atom. The molecular formula is C10H14FNO2S. The maximum atomic E-state index is 12.1. The molecular weight excluding hydrogens is 217 g/mol. The summed E-state index contributed by atoms with van der Waals surface area (Å²) >= 11 is 0. The molecule has 1 atom stereocenters. The summed E-state index contributed by atoms with van der Waals surface area (Å²) in [4.78, 5) is 0.264. The lowest BCUT2D eigenvalue weighted by Crippen LogP contribution is -2.24. The van der Waals surface area contributed by atoms with Crippen LogP contribution in [0.1, 0.15) is 5.56 Å². The molecule has 0 aliphatic carbocycles. The van der Waals surface area contributed by atoms with Gasteiger partial charge in [-0.3, -0.25) is 0 Å². The Hall–Kier alpha value is -0.940. The van der Waals surface area contributed by atoms with Gasteiger partial charge in [-0.2, -0.15) is 0 Å². The van der Waals surface area contributed by atoms with Crippen LogP contribution in [0.15, 0.2) is 29.2 Å². The minimum atomic E-state index is -3.16. The second-order valence-electron chi connectivity index (χ2n) is 3.53. The van der Waals surface area contributed by atoms with Gasteiger partial charge in [0.1, 0.15) is 6.67 Å². The lowest BCUT2D eigenvalue weighted by Gasteiger charge is -2.07. The van der Waals surface area contributed by atoms with E-state index in [1.807, 2.05) is 0 Å². The molecule has 0 spiro atoms. The van der Waals surface area contributed by atoms with Gasteiger partial charge in [0.25, 0.3) is 0 Å². The summed E-state index contributed by atoms with van der Waals surface area (Å²) < 4.78 is 34.4. The van der Waals surface area contributed by atoms with E-state index >= 15 is 0 Å². The Labute approximate surface area is 89.0 Å². The number of nitrogens with two attached hydrogens (primary N) is 1. The lowest BCUT2D eigenvalue weighted by molar-refractivity contribution is 0.427. The van der Waals surface area contributed by atoms with Gasteiger partial charge in [0.2, 0.25) is 0 Å². The molecule has 0 amide bonds. The van der Waals surface area contributed by atoms with E-state index in [9.17, 15) is 12.8 Å². The number of rotatable bonds is 4. The molecule has 2 N–H and O–H groups in total. The van der Waals surface area contributed by atoms with Crippen LogP contribution in [0.5, 0.6) is 0 Å². The zero-order chi connectivity index (χ0) is 11.5. The van der Waals surface area contributed by atoms with Crippen molar-refractivity contribution in [1.82, 2.24) is 0 Å². The Morgan fingerprint density at radius 1 is 1.33 bits per heavy atom. The maximum absolute atomic E-state index is 12.1. The molecule has 0 saturated heterocycles. The Bertz CT molecular complexity index is 414. The van der Waals surface area contributed by atoms with Gasteiger partial charge in [-0.05, 0) is 24.1 Å². The Kier molecular flexibility index (Phi) is 3.82. The molecule has 0 radical (unpaired) electrons. The molecule has 84 valence electrons. The summed E-state index contributed by atoms with van der Waals surface area (Å²) in [6.45, 7) is -0.576. The zero-order valence-corrected chi connectivity index (χ0v) is 9.30. The third kappa shape index (κ3) is 3.60. The molecule has 0 heterocycles. The van der Waals surface area contributed by atoms with E-state index in [0.717, 1.165) is 11.8 Å². The van der Waals surface area contributed by atoms with Crippen LogP contribution in [0, 0.1) is 0 Å². The molecule has 0 aliphatic rings. The average Bonchev–Trinajstić information content (AvgIpc) is 2.17. The highest BCUT2D eigenvalue weighted by Crippen LogP contribution is 2.11. The van der Waals surface area contributed by atoms with Crippen LogP contribution in [-0.4, -0.2) is 27.4 Å². The van der Waals surface area contributed by atoms with E-state index in [1.54, 1.807) is 12.1 Å². The van der Waals surface area contributed by atoms with E-state index < -0.39 is 22.6 Å². The van der Waals surface area contributed by atoms with E-state index in [1.165, 1.54) is 12.1 Å². The molecule has 3 nitrogen and oxygen atoms in total. The van der Waals surface area contributed by atoms with Gasteiger partial charge in [0.05, 0.1) is 4.90 Å². The van der Waals surface area contributed by atoms with Crippen LogP contribution in [0.25, 0.3) is 0 Å². The van der Waals surface area contributed by atoms with E-state index in [-0.39, 0.29) is 4.90 Å². The van der Waals surface area contributed by atoms with Crippen molar-refractivity contribution in [3.05, 3.63) is 29.8 Å². The van der Waals surface area contributed by atoms with Crippen molar-refractivity contribution in [3.63, 3.8) is 0 Å². The maximum Gasteiger partial charge on any atom is 0.175 e. The predicted octanol–water partition coefficient (Wildman–Crippen LogP) is 0.929. The summed E-state index contributed by atoms with van der Waals surface area (Å²) in [5.41, 5.74) is 6.28. The summed E-state index contributed by atoms with van der Waals surface area (Å²) in [5.74, 6) is 0. The molecule has 1 aromatic rings. The summed E-state index contributed by atoms with van der Waals surface area (Å²) in [6, 6.07) is 5.82. The van der Waals surface area contributed by atoms with Crippen LogP contribution < -0.4 is 5.73 Å². The smallest absolute Gasteiger partial charge is 0.175 e. The number of sulfone groups is 1. The fourth-order valence-corrected chi connectivity index (χ4v) is 1.86.